The monoisotopic (exact) mass is 141 g/mol. The molecule has 0 spiro atoms. The van der Waals surface area contributed by atoms with Gasteiger partial charge in [-0.15, -0.1) is 0 Å². The van der Waals surface area contributed by atoms with Crippen molar-refractivity contribution < 1.29 is 4.79 Å². The summed E-state index contributed by atoms with van der Waals surface area (Å²) in [5, 5.41) is 0. The number of hydrogen-bond donors (Lipinski definition) is 1. The third kappa shape index (κ3) is 1.31. The average molecular weight is 141 g/mol. The summed E-state index contributed by atoms with van der Waals surface area (Å²) in [4.78, 5) is 10.8. The van der Waals surface area contributed by atoms with E-state index in [1.807, 2.05) is 0 Å². The number of primary amides is 1. The third-order valence-electron chi connectivity index (χ3n) is 2.18. The van der Waals surface area contributed by atoms with E-state index in [0.29, 0.717) is 5.92 Å². The van der Waals surface area contributed by atoms with E-state index in [2.05, 4.69) is 13.8 Å². The van der Waals surface area contributed by atoms with E-state index in [4.69, 9.17) is 5.73 Å². The first-order valence-electron chi connectivity index (χ1n) is 3.87. The maximum absolute atomic E-state index is 10.8. The van der Waals surface area contributed by atoms with Gasteiger partial charge in [0.25, 0.3) is 0 Å². The van der Waals surface area contributed by atoms with Gasteiger partial charge in [-0.3, -0.25) is 4.79 Å². The van der Waals surface area contributed by atoms with Gasteiger partial charge in [0.1, 0.15) is 0 Å². The number of hydrogen-bond acceptors (Lipinski definition) is 1. The zero-order chi connectivity index (χ0) is 7.78. The van der Waals surface area contributed by atoms with Crippen LogP contribution in [0.1, 0.15) is 33.1 Å². The van der Waals surface area contributed by atoms with Gasteiger partial charge in [0, 0.05) is 5.41 Å². The number of rotatable bonds is 3. The van der Waals surface area contributed by atoms with Crippen molar-refractivity contribution in [2.24, 2.45) is 17.1 Å². The van der Waals surface area contributed by atoms with Gasteiger partial charge in [-0.1, -0.05) is 13.8 Å². The van der Waals surface area contributed by atoms with Crippen molar-refractivity contribution in [2.75, 3.05) is 0 Å². The molecule has 2 nitrogen and oxygen atoms in total. The maximum Gasteiger partial charge on any atom is 0.223 e. The van der Waals surface area contributed by atoms with Gasteiger partial charge in [0.15, 0.2) is 0 Å². The Bertz CT molecular complexity index is 147. The molecule has 0 bridgehead atoms. The first-order valence-corrected chi connectivity index (χ1v) is 3.87. The molecule has 1 fully saturated rings. The summed E-state index contributed by atoms with van der Waals surface area (Å²) in [6.45, 7) is 4.26. The Kier molecular flexibility index (Phi) is 1.71. The lowest BCUT2D eigenvalue weighted by atomic mass is 9.94. The van der Waals surface area contributed by atoms with Crippen LogP contribution in [0, 0.1) is 11.3 Å². The molecule has 0 aliphatic heterocycles. The number of amides is 1. The van der Waals surface area contributed by atoms with Crippen LogP contribution >= 0.6 is 0 Å². The number of nitrogens with two attached hydrogens (primary N) is 1. The predicted octanol–water partition coefficient (Wildman–Crippen LogP) is 1.30. The molecule has 1 aliphatic rings. The highest BCUT2D eigenvalue weighted by Crippen LogP contribution is 2.50. The van der Waals surface area contributed by atoms with E-state index < -0.39 is 0 Å². The standard InChI is InChI=1S/C8H15NO/c1-6(2)5-8(3-4-8)7(9)10/h6H,3-5H2,1-2H3,(H2,9,10). The molecule has 0 unspecified atom stereocenters. The van der Waals surface area contributed by atoms with Crippen molar-refractivity contribution in [1.82, 2.24) is 0 Å². The topological polar surface area (TPSA) is 43.1 Å². The molecule has 1 aliphatic carbocycles. The second kappa shape index (κ2) is 2.26. The summed E-state index contributed by atoms with van der Waals surface area (Å²) < 4.78 is 0. The normalized spacial score (nSPS) is 21.1. The molecule has 10 heavy (non-hydrogen) atoms. The highest BCUT2D eigenvalue weighted by molar-refractivity contribution is 5.83. The van der Waals surface area contributed by atoms with Gasteiger partial charge in [-0.05, 0) is 25.2 Å². The van der Waals surface area contributed by atoms with Crippen molar-refractivity contribution in [3.8, 4) is 0 Å². The smallest absolute Gasteiger partial charge is 0.223 e. The van der Waals surface area contributed by atoms with Crippen LogP contribution in [0.4, 0.5) is 0 Å². The Morgan fingerprint density at radius 3 is 2.20 bits per heavy atom. The van der Waals surface area contributed by atoms with E-state index in [0.717, 1.165) is 19.3 Å². The second-order valence-electron chi connectivity index (χ2n) is 3.74. The fourth-order valence-corrected chi connectivity index (χ4v) is 1.48. The van der Waals surface area contributed by atoms with Crippen molar-refractivity contribution >= 4 is 5.91 Å². The van der Waals surface area contributed by atoms with E-state index in [1.54, 1.807) is 0 Å². The van der Waals surface area contributed by atoms with E-state index in [1.165, 1.54) is 0 Å². The van der Waals surface area contributed by atoms with Crippen molar-refractivity contribution in [2.45, 2.75) is 33.1 Å². The van der Waals surface area contributed by atoms with Crippen LogP contribution in [-0.2, 0) is 4.79 Å². The highest BCUT2D eigenvalue weighted by Gasteiger charge is 2.48. The molecule has 1 saturated carbocycles. The lowest BCUT2D eigenvalue weighted by Gasteiger charge is -2.12. The van der Waals surface area contributed by atoms with Gasteiger partial charge < -0.3 is 5.73 Å². The molecule has 0 saturated heterocycles. The van der Waals surface area contributed by atoms with Crippen LogP contribution in [-0.4, -0.2) is 5.91 Å². The van der Waals surface area contributed by atoms with Gasteiger partial charge in [0.05, 0.1) is 0 Å². The lowest BCUT2D eigenvalue weighted by molar-refractivity contribution is -0.123. The van der Waals surface area contributed by atoms with Crippen LogP contribution in [0.15, 0.2) is 0 Å². The maximum atomic E-state index is 10.8. The average Bonchev–Trinajstić information content (AvgIpc) is 2.46. The zero-order valence-corrected chi connectivity index (χ0v) is 6.68. The number of carbonyl (C=O) groups is 1. The van der Waals surface area contributed by atoms with Crippen molar-refractivity contribution in [3.63, 3.8) is 0 Å². The van der Waals surface area contributed by atoms with Gasteiger partial charge in [0.2, 0.25) is 5.91 Å². The molecule has 0 heterocycles. The van der Waals surface area contributed by atoms with Crippen LogP contribution in [0.25, 0.3) is 0 Å². The SMILES string of the molecule is CC(C)CC1(C(N)=O)CC1. The minimum Gasteiger partial charge on any atom is -0.369 e. The Hall–Kier alpha value is -0.530. The lowest BCUT2D eigenvalue weighted by Crippen LogP contribution is -2.25. The minimum absolute atomic E-state index is 0.0891. The van der Waals surface area contributed by atoms with Crippen molar-refractivity contribution in [1.29, 1.82) is 0 Å². The van der Waals surface area contributed by atoms with Crippen molar-refractivity contribution in [3.05, 3.63) is 0 Å². The molecular weight excluding hydrogens is 126 g/mol. The van der Waals surface area contributed by atoms with Gasteiger partial charge >= 0.3 is 0 Å². The molecular formula is C8H15NO. The fraction of sp³-hybridized carbons (Fsp3) is 0.875. The molecule has 2 N–H and O–H groups in total. The van der Waals surface area contributed by atoms with E-state index in [9.17, 15) is 4.79 Å². The summed E-state index contributed by atoms with van der Waals surface area (Å²) >= 11 is 0. The molecule has 1 amide bonds. The molecule has 0 aromatic heterocycles. The fourth-order valence-electron chi connectivity index (χ4n) is 1.48. The molecule has 1 rings (SSSR count). The number of carbonyl (C=O) groups excluding carboxylic acids is 1. The second-order valence-corrected chi connectivity index (χ2v) is 3.74. The molecule has 0 atom stereocenters. The minimum atomic E-state index is -0.0961. The summed E-state index contributed by atoms with van der Waals surface area (Å²) in [7, 11) is 0. The Labute approximate surface area is 61.8 Å². The molecule has 2 heteroatoms. The molecule has 0 aromatic carbocycles. The predicted molar refractivity (Wildman–Crippen MR) is 40.3 cm³/mol. The largest absolute Gasteiger partial charge is 0.369 e. The molecule has 0 aromatic rings. The Morgan fingerprint density at radius 1 is 1.60 bits per heavy atom. The molecule has 0 radical (unpaired) electrons. The van der Waals surface area contributed by atoms with Crippen LogP contribution in [0.3, 0.4) is 0 Å². The summed E-state index contributed by atoms with van der Waals surface area (Å²) in [6, 6.07) is 0. The third-order valence-corrected chi connectivity index (χ3v) is 2.18. The Morgan fingerprint density at radius 2 is 2.10 bits per heavy atom. The van der Waals surface area contributed by atoms with Crippen LogP contribution in [0.2, 0.25) is 0 Å². The van der Waals surface area contributed by atoms with Crippen LogP contribution in [0.5, 0.6) is 0 Å². The highest BCUT2D eigenvalue weighted by atomic mass is 16.1. The molecule has 58 valence electrons. The zero-order valence-electron chi connectivity index (χ0n) is 6.68. The summed E-state index contributed by atoms with van der Waals surface area (Å²) in [6.07, 6.45) is 3.00. The first kappa shape index (κ1) is 7.58. The van der Waals surface area contributed by atoms with Crippen LogP contribution < -0.4 is 5.73 Å². The van der Waals surface area contributed by atoms with Gasteiger partial charge in [-0.2, -0.15) is 0 Å². The van der Waals surface area contributed by atoms with E-state index >= 15 is 0 Å². The van der Waals surface area contributed by atoms with E-state index in [-0.39, 0.29) is 11.3 Å². The summed E-state index contributed by atoms with van der Waals surface area (Å²) in [5.74, 6) is 0.496. The first-order chi connectivity index (χ1) is 4.57. The van der Waals surface area contributed by atoms with Gasteiger partial charge in [-0.25, -0.2) is 0 Å². The Balaban J connectivity index is 2.45. The quantitative estimate of drug-likeness (QED) is 0.632. The summed E-state index contributed by atoms with van der Waals surface area (Å²) in [5.41, 5.74) is 5.15.